The largest absolute Gasteiger partial charge is 0.395 e. The van der Waals surface area contributed by atoms with E-state index in [0.717, 1.165) is 0 Å². The predicted molar refractivity (Wildman–Crippen MR) is 54.7 cm³/mol. The minimum atomic E-state index is -3.61. The number of hydrogen-bond acceptors (Lipinski definition) is 5. The Morgan fingerprint density at radius 2 is 2.00 bits per heavy atom. The Labute approximate surface area is 89.9 Å². The van der Waals surface area contributed by atoms with Crippen LogP contribution in [0.3, 0.4) is 0 Å². The van der Waals surface area contributed by atoms with Gasteiger partial charge in [-0.15, -0.1) is 0 Å². The Balaban J connectivity index is 3.99. The van der Waals surface area contributed by atoms with E-state index in [9.17, 15) is 8.42 Å². The third-order valence-electron chi connectivity index (χ3n) is 1.51. The zero-order valence-corrected chi connectivity index (χ0v) is 9.71. The molecule has 0 aromatic rings. The van der Waals surface area contributed by atoms with Crippen LogP contribution in [0.5, 0.6) is 0 Å². The molecule has 0 saturated heterocycles. The second-order valence-electron chi connectivity index (χ2n) is 2.84. The van der Waals surface area contributed by atoms with Crippen molar-refractivity contribution in [1.29, 1.82) is 0 Å². The highest BCUT2D eigenvalue weighted by Crippen LogP contribution is 1.87. The van der Waals surface area contributed by atoms with Crippen molar-refractivity contribution < 1.29 is 23.0 Å². The molecule has 0 saturated carbocycles. The van der Waals surface area contributed by atoms with Crippen molar-refractivity contribution in [3.05, 3.63) is 0 Å². The molecule has 1 atom stereocenters. The van der Waals surface area contributed by atoms with Gasteiger partial charge in [-0.2, -0.15) is 17.9 Å². The summed E-state index contributed by atoms with van der Waals surface area (Å²) in [4.78, 5) is 0. The fraction of sp³-hybridized carbons (Fsp3) is 1.00. The van der Waals surface area contributed by atoms with Crippen molar-refractivity contribution >= 4 is 10.2 Å². The standard InChI is InChI=1S/C7H18N2O5S/c1-13-4-3-8-15(11,12)9-7(5-10)6-14-2/h7-10H,3-6H2,1-2H3. The molecule has 0 aliphatic heterocycles. The van der Waals surface area contributed by atoms with E-state index in [4.69, 9.17) is 9.84 Å². The Kier molecular flexibility index (Phi) is 7.83. The van der Waals surface area contributed by atoms with Crippen LogP contribution in [-0.2, 0) is 19.7 Å². The van der Waals surface area contributed by atoms with Gasteiger partial charge in [-0.3, -0.25) is 0 Å². The number of aliphatic hydroxyl groups is 1. The first-order chi connectivity index (χ1) is 7.05. The molecule has 7 nitrogen and oxygen atoms in total. The summed E-state index contributed by atoms with van der Waals surface area (Å²) in [7, 11) is -0.706. The van der Waals surface area contributed by atoms with Crippen molar-refractivity contribution in [2.45, 2.75) is 6.04 Å². The Morgan fingerprint density at radius 3 is 2.47 bits per heavy atom. The van der Waals surface area contributed by atoms with E-state index in [1.165, 1.54) is 14.2 Å². The Bertz CT molecular complexity index is 244. The number of methoxy groups -OCH3 is 2. The van der Waals surface area contributed by atoms with E-state index in [1.807, 2.05) is 0 Å². The number of aliphatic hydroxyl groups excluding tert-OH is 1. The van der Waals surface area contributed by atoms with Crippen molar-refractivity contribution in [1.82, 2.24) is 9.44 Å². The summed E-state index contributed by atoms with van der Waals surface area (Å²) in [6.07, 6.45) is 0. The molecule has 0 amide bonds. The molecule has 92 valence electrons. The molecule has 0 aliphatic carbocycles. The SMILES string of the molecule is COCCNS(=O)(=O)NC(CO)COC. The molecular weight excluding hydrogens is 224 g/mol. The van der Waals surface area contributed by atoms with Gasteiger partial charge in [0.05, 0.1) is 25.9 Å². The van der Waals surface area contributed by atoms with Gasteiger partial charge in [0.15, 0.2) is 0 Å². The van der Waals surface area contributed by atoms with E-state index in [1.54, 1.807) is 0 Å². The van der Waals surface area contributed by atoms with Gasteiger partial charge in [-0.1, -0.05) is 0 Å². The van der Waals surface area contributed by atoms with E-state index >= 15 is 0 Å². The maximum absolute atomic E-state index is 11.3. The van der Waals surface area contributed by atoms with Gasteiger partial charge in [0.25, 0.3) is 10.2 Å². The average Bonchev–Trinajstić information content (AvgIpc) is 2.17. The predicted octanol–water partition coefficient (Wildman–Crippen LogP) is -1.94. The normalized spacial score (nSPS) is 14.1. The van der Waals surface area contributed by atoms with Crippen LogP contribution in [0, 0.1) is 0 Å². The topological polar surface area (TPSA) is 96.9 Å². The van der Waals surface area contributed by atoms with Gasteiger partial charge in [-0.05, 0) is 0 Å². The fourth-order valence-electron chi connectivity index (χ4n) is 0.864. The van der Waals surface area contributed by atoms with Crippen LogP contribution < -0.4 is 9.44 Å². The lowest BCUT2D eigenvalue weighted by atomic mass is 10.4. The molecular formula is C7H18N2O5S. The van der Waals surface area contributed by atoms with Crippen molar-refractivity contribution in [3.63, 3.8) is 0 Å². The molecule has 0 rings (SSSR count). The maximum Gasteiger partial charge on any atom is 0.277 e. The molecule has 0 spiro atoms. The fourth-order valence-corrected chi connectivity index (χ4v) is 1.88. The molecule has 0 bridgehead atoms. The highest BCUT2D eigenvalue weighted by molar-refractivity contribution is 7.87. The monoisotopic (exact) mass is 242 g/mol. The van der Waals surface area contributed by atoms with Gasteiger partial charge >= 0.3 is 0 Å². The van der Waals surface area contributed by atoms with Crippen LogP contribution in [0.4, 0.5) is 0 Å². The first-order valence-electron chi connectivity index (χ1n) is 4.41. The molecule has 3 N–H and O–H groups in total. The lowest BCUT2D eigenvalue weighted by molar-refractivity contribution is 0.138. The number of ether oxygens (including phenoxy) is 2. The van der Waals surface area contributed by atoms with E-state index in [-0.39, 0.29) is 26.4 Å². The van der Waals surface area contributed by atoms with Gasteiger partial charge in [0.2, 0.25) is 0 Å². The summed E-state index contributed by atoms with van der Waals surface area (Å²) in [6, 6.07) is -0.643. The van der Waals surface area contributed by atoms with Crippen LogP contribution in [-0.4, -0.2) is 60.2 Å². The van der Waals surface area contributed by atoms with Gasteiger partial charge in [-0.25, -0.2) is 0 Å². The van der Waals surface area contributed by atoms with Crippen LogP contribution in [0.15, 0.2) is 0 Å². The van der Waals surface area contributed by atoms with Crippen LogP contribution >= 0.6 is 0 Å². The summed E-state index contributed by atoms with van der Waals surface area (Å²) in [6.45, 7) is 0.257. The van der Waals surface area contributed by atoms with Crippen molar-refractivity contribution in [3.8, 4) is 0 Å². The Morgan fingerprint density at radius 1 is 1.33 bits per heavy atom. The first-order valence-corrected chi connectivity index (χ1v) is 5.89. The lowest BCUT2D eigenvalue weighted by Gasteiger charge is -2.15. The quantitative estimate of drug-likeness (QED) is 0.409. The molecule has 0 aromatic heterocycles. The number of nitrogens with one attached hydrogen (secondary N) is 2. The maximum atomic E-state index is 11.3. The molecule has 1 unspecified atom stereocenters. The van der Waals surface area contributed by atoms with Crippen LogP contribution in [0.2, 0.25) is 0 Å². The van der Waals surface area contributed by atoms with Gasteiger partial charge in [0.1, 0.15) is 0 Å². The van der Waals surface area contributed by atoms with E-state index in [0.29, 0.717) is 0 Å². The zero-order chi connectivity index (χ0) is 11.7. The second kappa shape index (κ2) is 7.97. The highest BCUT2D eigenvalue weighted by atomic mass is 32.2. The molecule has 8 heteroatoms. The molecule has 0 radical (unpaired) electrons. The third-order valence-corrected chi connectivity index (χ3v) is 2.74. The summed E-state index contributed by atoms with van der Waals surface area (Å²) in [5.41, 5.74) is 0. The minimum Gasteiger partial charge on any atom is -0.395 e. The van der Waals surface area contributed by atoms with Crippen molar-refractivity contribution in [2.24, 2.45) is 0 Å². The van der Waals surface area contributed by atoms with E-state index in [2.05, 4.69) is 14.2 Å². The third kappa shape index (κ3) is 7.65. The highest BCUT2D eigenvalue weighted by Gasteiger charge is 2.15. The number of hydrogen-bond donors (Lipinski definition) is 3. The number of rotatable bonds is 9. The van der Waals surface area contributed by atoms with E-state index < -0.39 is 16.3 Å². The lowest BCUT2D eigenvalue weighted by Crippen LogP contribution is -2.47. The summed E-state index contributed by atoms with van der Waals surface area (Å²) < 4.78 is 36.5. The molecule has 0 fully saturated rings. The summed E-state index contributed by atoms with van der Waals surface area (Å²) >= 11 is 0. The second-order valence-corrected chi connectivity index (χ2v) is 4.37. The van der Waals surface area contributed by atoms with Gasteiger partial charge in [0, 0.05) is 20.8 Å². The molecule has 0 aliphatic rings. The van der Waals surface area contributed by atoms with Crippen LogP contribution in [0.1, 0.15) is 0 Å². The van der Waals surface area contributed by atoms with Crippen LogP contribution in [0.25, 0.3) is 0 Å². The zero-order valence-electron chi connectivity index (χ0n) is 8.89. The summed E-state index contributed by atoms with van der Waals surface area (Å²) in [5, 5.41) is 8.83. The molecule has 0 heterocycles. The first kappa shape index (κ1) is 14.8. The summed E-state index contributed by atoms with van der Waals surface area (Å²) in [5.74, 6) is 0. The molecule has 0 aromatic carbocycles. The minimum absolute atomic E-state index is 0.113. The smallest absolute Gasteiger partial charge is 0.277 e. The van der Waals surface area contributed by atoms with Gasteiger partial charge < -0.3 is 14.6 Å². The van der Waals surface area contributed by atoms with Crippen molar-refractivity contribution in [2.75, 3.05) is 40.6 Å². The Hall–Kier alpha value is -0.250. The molecule has 15 heavy (non-hydrogen) atoms. The average molecular weight is 242 g/mol.